The molecule has 1 saturated carbocycles. The average Bonchev–Trinajstić information content (AvgIpc) is 2.60. The first kappa shape index (κ1) is 14.5. The zero-order valence-corrected chi connectivity index (χ0v) is 12.8. The van der Waals surface area contributed by atoms with E-state index in [1.165, 1.54) is 25.7 Å². The molecule has 0 amide bonds. The van der Waals surface area contributed by atoms with Crippen molar-refractivity contribution in [2.45, 2.75) is 70.6 Å². The monoisotopic (exact) mass is 281 g/mol. The highest BCUT2D eigenvalue weighted by Gasteiger charge is 2.28. The van der Waals surface area contributed by atoms with Crippen LogP contribution < -0.4 is 0 Å². The molecule has 1 N–H and O–H groups in total. The fourth-order valence-corrected chi connectivity index (χ4v) is 3.91. The standard InChI is InChI=1S/C15H23NO2S/c1-15(2,3)14-16-11(13(17)18)12(19-14)10-8-6-4-5-7-9-10/h10H,4-9H2,1-3H3,(H,17,18). The molecule has 1 aliphatic rings. The molecule has 0 aliphatic heterocycles. The Labute approximate surface area is 119 Å². The van der Waals surface area contributed by atoms with E-state index in [0.717, 1.165) is 22.7 Å². The summed E-state index contributed by atoms with van der Waals surface area (Å²) in [4.78, 5) is 16.9. The molecule has 106 valence electrons. The van der Waals surface area contributed by atoms with E-state index in [9.17, 15) is 9.90 Å². The van der Waals surface area contributed by atoms with Crippen LogP contribution in [0.3, 0.4) is 0 Å². The predicted octanol–water partition coefficient (Wildman–Crippen LogP) is 4.58. The Morgan fingerprint density at radius 3 is 2.26 bits per heavy atom. The topological polar surface area (TPSA) is 50.2 Å². The summed E-state index contributed by atoms with van der Waals surface area (Å²) in [6.45, 7) is 6.27. The lowest BCUT2D eigenvalue weighted by Gasteiger charge is -2.14. The molecule has 0 aromatic carbocycles. The molecule has 0 radical (unpaired) electrons. The second-order valence-corrected chi connectivity index (χ2v) is 7.51. The minimum absolute atomic E-state index is 0.0716. The SMILES string of the molecule is CC(C)(C)c1nc(C(=O)O)c(C2CCCCCC2)s1. The van der Waals surface area contributed by atoms with E-state index in [0.29, 0.717) is 11.6 Å². The maximum atomic E-state index is 11.4. The largest absolute Gasteiger partial charge is 0.476 e. The molecule has 1 aromatic rings. The van der Waals surface area contributed by atoms with Crippen LogP contribution in [0, 0.1) is 0 Å². The van der Waals surface area contributed by atoms with Crippen molar-refractivity contribution < 1.29 is 9.90 Å². The van der Waals surface area contributed by atoms with Crippen LogP contribution in [0.1, 0.15) is 85.6 Å². The van der Waals surface area contributed by atoms with Crippen molar-refractivity contribution in [3.63, 3.8) is 0 Å². The molecule has 2 rings (SSSR count). The summed E-state index contributed by atoms with van der Waals surface area (Å²) in [7, 11) is 0. The molecular weight excluding hydrogens is 258 g/mol. The lowest BCUT2D eigenvalue weighted by Crippen LogP contribution is -2.11. The molecule has 1 aromatic heterocycles. The molecule has 1 heterocycles. The van der Waals surface area contributed by atoms with Crippen molar-refractivity contribution in [1.82, 2.24) is 4.98 Å². The Morgan fingerprint density at radius 2 is 1.79 bits per heavy atom. The minimum atomic E-state index is -0.869. The van der Waals surface area contributed by atoms with E-state index in [1.807, 2.05) is 0 Å². The summed E-state index contributed by atoms with van der Waals surface area (Å²) in [6, 6.07) is 0. The molecular formula is C15H23NO2S. The third-order valence-corrected chi connectivity index (χ3v) is 5.37. The molecule has 0 atom stereocenters. The van der Waals surface area contributed by atoms with E-state index < -0.39 is 5.97 Å². The van der Waals surface area contributed by atoms with E-state index in [2.05, 4.69) is 25.8 Å². The summed E-state index contributed by atoms with van der Waals surface area (Å²) in [5.41, 5.74) is 0.236. The number of aromatic carboxylic acids is 1. The van der Waals surface area contributed by atoms with Crippen LogP contribution in [0.25, 0.3) is 0 Å². The third kappa shape index (κ3) is 3.35. The number of nitrogens with zero attached hydrogens (tertiary/aromatic N) is 1. The number of hydrogen-bond donors (Lipinski definition) is 1. The summed E-state index contributed by atoms with van der Waals surface area (Å²) in [6.07, 6.45) is 7.23. The Hall–Kier alpha value is -0.900. The van der Waals surface area contributed by atoms with Crippen LogP contribution in [0.15, 0.2) is 0 Å². The smallest absolute Gasteiger partial charge is 0.355 e. The Morgan fingerprint density at radius 1 is 1.21 bits per heavy atom. The van der Waals surface area contributed by atoms with Crippen LogP contribution in [0.4, 0.5) is 0 Å². The first-order valence-corrected chi connectivity index (χ1v) is 7.95. The van der Waals surface area contributed by atoms with Gasteiger partial charge in [-0.05, 0) is 18.8 Å². The van der Waals surface area contributed by atoms with Crippen molar-refractivity contribution >= 4 is 17.3 Å². The van der Waals surface area contributed by atoms with Gasteiger partial charge in [-0.3, -0.25) is 0 Å². The van der Waals surface area contributed by atoms with Crippen LogP contribution in [0.5, 0.6) is 0 Å². The normalized spacial score (nSPS) is 18.3. The van der Waals surface area contributed by atoms with Gasteiger partial charge in [-0.1, -0.05) is 46.5 Å². The van der Waals surface area contributed by atoms with E-state index >= 15 is 0 Å². The van der Waals surface area contributed by atoms with Gasteiger partial charge in [0, 0.05) is 10.3 Å². The Balaban J connectivity index is 2.36. The highest BCUT2D eigenvalue weighted by Crippen LogP contribution is 2.39. The van der Waals surface area contributed by atoms with Crippen molar-refractivity contribution in [3.05, 3.63) is 15.6 Å². The van der Waals surface area contributed by atoms with Gasteiger partial charge in [0.1, 0.15) is 0 Å². The van der Waals surface area contributed by atoms with Gasteiger partial charge in [0.15, 0.2) is 5.69 Å². The van der Waals surface area contributed by atoms with Crippen LogP contribution in [-0.4, -0.2) is 16.1 Å². The van der Waals surface area contributed by atoms with E-state index in [-0.39, 0.29) is 5.41 Å². The number of hydrogen-bond acceptors (Lipinski definition) is 3. The quantitative estimate of drug-likeness (QED) is 0.807. The van der Waals surface area contributed by atoms with Crippen molar-refractivity contribution in [1.29, 1.82) is 0 Å². The molecule has 3 nitrogen and oxygen atoms in total. The Bertz CT molecular complexity index is 451. The fraction of sp³-hybridized carbons (Fsp3) is 0.733. The van der Waals surface area contributed by atoms with Gasteiger partial charge >= 0.3 is 5.97 Å². The molecule has 0 spiro atoms. The fourth-order valence-electron chi connectivity index (χ4n) is 2.62. The number of rotatable bonds is 2. The van der Waals surface area contributed by atoms with E-state index in [4.69, 9.17) is 0 Å². The van der Waals surface area contributed by atoms with Gasteiger partial charge in [0.25, 0.3) is 0 Å². The van der Waals surface area contributed by atoms with Gasteiger partial charge in [0.05, 0.1) is 5.01 Å². The zero-order valence-electron chi connectivity index (χ0n) is 12.0. The predicted molar refractivity (Wildman–Crippen MR) is 78.2 cm³/mol. The minimum Gasteiger partial charge on any atom is -0.476 e. The molecule has 0 unspecified atom stereocenters. The van der Waals surface area contributed by atoms with Crippen molar-refractivity contribution in [2.24, 2.45) is 0 Å². The maximum absolute atomic E-state index is 11.4. The molecule has 0 bridgehead atoms. The van der Waals surface area contributed by atoms with Crippen LogP contribution >= 0.6 is 11.3 Å². The number of carboxylic acids is 1. The molecule has 4 heteroatoms. The number of thiazole rings is 1. The van der Waals surface area contributed by atoms with Crippen molar-refractivity contribution in [3.8, 4) is 0 Å². The van der Waals surface area contributed by atoms with Crippen LogP contribution in [0.2, 0.25) is 0 Å². The first-order chi connectivity index (χ1) is 8.89. The maximum Gasteiger partial charge on any atom is 0.355 e. The van der Waals surface area contributed by atoms with Gasteiger partial charge < -0.3 is 5.11 Å². The molecule has 1 fully saturated rings. The average molecular weight is 281 g/mol. The summed E-state index contributed by atoms with van der Waals surface area (Å²) in [5, 5.41) is 10.3. The van der Waals surface area contributed by atoms with Gasteiger partial charge in [0.2, 0.25) is 0 Å². The van der Waals surface area contributed by atoms with E-state index in [1.54, 1.807) is 11.3 Å². The molecule has 0 saturated heterocycles. The summed E-state index contributed by atoms with van der Waals surface area (Å²) >= 11 is 1.62. The van der Waals surface area contributed by atoms with Crippen molar-refractivity contribution in [2.75, 3.05) is 0 Å². The number of carboxylic acid groups (broad SMARTS) is 1. The number of carbonyl (C=O) groups is 1. The second-order valence-electron chi connectivity index (χ2n) is 6.48. The highest BCUT2D eigenvalue weighted by atomic mass is 32.1. The van der Waals surface area contributed by atoms with Gasteiger partial charge in [-0.15, -0.1) is 11.3 Å². The summed E-state index contributed by atoms with van der Waals surface area (Å²) in [5.74, 6) is -0.465. The lowest BCUT2D eigenvalue weighted by molar-refractivity contribution is 0.0689. The second kappa shape index (κ2) is 5.61. The van der Waals surface area contributed by atoms with Gasteiger partial charge in [-0.2, -0.15) is 0 Å². The van der Waals surface area contributed by atoms with Gasteiger partial charge in [-0.25, -0.2) is 9.78 Å². The number of aromatic nitrogens is 1. The highest BCUT2D eigenvalue weighted by molar-refractivity contribution is 7.12. The first-order valence-electron chi connectivity index (χ1n) is 7.14. The third-order valence-electron chi connectivity index (χ3n) is 3.72. The lowest BCUT2D eigenvalue weighted by atomic mass is 9.97. The molecule has 1 aliphatic carbocycles. The summed E-state index contributed by atoms with van der Waals surface area (Å²) < 4.78 is 0. The zero-order chi connectivity index (χ0) is 14.0. The van der Waals surface area contributed by atoms with Crippen LogP contribution in [-0.2, 0) is 5.41 Å². The Kier molecular flexibility index (Phi) is 4.29. The molecule has 19 heavy (non-hydrogen) atoms.